The number of benzene rings is 1. The smallest absolute Gasteiger partial charge is 0.259 e. The summed E-state index contributed by atoms with van der Waals surface area (Å²) in [5.41, 5.74) is 2.43. The average Bonchev–Trinajstić information content (AvgIpc) is 3.16. The van der Waals surface area contributed by atoms with E-state index in [1.54, 1.807) is 16.7 Å². The van der Waals surface area contributed by atoms with Crippen molar-refractivity contribution in [3.8, 4) is 0 Å². The van der Waals surface area contributed by atoms with Crippen molar-refractivity contribution in [2.24, 2.45) is 11.8 Å². The first kappa shape index (κ1) is 22.0. The van der Waals surface area contributed by atoms with Gasteiger partial charge in [0.15, 0.2) is 0 Å². The van der Waals surface area contributed by atoms with Gasteiger partial charge in [-0.15, -0.1) is 0 Å². The first-order valence-corrected chi connectivity index (χ1v) is 11.4. The Morgan fingerprint density at radius 1 is 1.21 bits per heavy atom. The lowest BCUT2D eigenvalue weighted by molar-refractivity contribution is -0.0475. The third kappa shape index (κ3) is 4.03. The zero-order valence-corrected chi connectivity index (χ0v) is 18.9. The summed E-state index contributed by atoms with van der Waals surface area (Å²) in [4.78, 5) is 30.5. The molecule has 1 aliphatic heterocycles. The fourth-order valence-corrected chi connectivity index (χ4v) is 5.18. The maximum Gasteiger partial charge on any atom is 0.259 e. The fourth-order valence-electron chi connectivity index (χ4n) is 5.18. The lowest BCUT2D eigenvalue weighted by atomic mass is 9.87. The van der Waals surface area contributed by atoms with Crippen molar-refractivity contribution in [3.63, 3.8) is 0 Å². The molecule has 7 nitrogen and oxygen atoms in total. The second-order valence-corrected chi connectivity index (χ2v) is 9.59. The van der Waals surface area contributed by atoms with Crippen LogP contribution in [-0.2, 0) is 11.3 Å². The van der Waals surface area contributed by atoms with E-state index in [0.717, 1.165) is 10.9 Å². The van der Waals surface area contributed by atoms with Gasteiger partial charge in [0.25, 0.3) is 11.5 Å². The van der Waals surface area contributed by atoms with Crippen molar-refractivity contribution in [2.75, 3.05) is 26.8 Å². The van der Waals surface area contributed by atoms with Crippen molar-refractivity contribution in [1.29, 1.82) is 0 Å². The number of alkyl halides is 2. The van der Waals surface area contributed by atoms with Gasteiger partial charge in [0.2, 0.25) is 5.92 Å². The number of aromatic nitrogens is 3. The van der Waals surface area contributed by atoms with Crippen molar-refractivity contribution in [3.05, 3.63) is 39.8 Å². The van der Waals surface area contributed by atoms with E-state index in [-0.39, 0.29) is 30.2 Å². The molecular formula is C24H28F2N4O3. The van der Waals surface area contributed by atoms with E-state index in [1.165, 1.54) is 6.20 Å². The number of hydrogen-bond donors (Lipinski definition) is 1. The van der Waals surface area contributed by atoms with Gasteiger partial charge in [-0.05, 0) is 43.4 Å². The van der Waals surface area contributed by atoms with E-state index < -0.39 is 5.92 Å². The van der Waals surface area contributed by atoms with Crippen LogP contribution >= 0.6 is 0 Å². The Bertz CT molecular complexity index is 1270. The minimum absolute atomic E-state index is 0.0401. The highest BCUT2D eigenvalue weighted by molar-refractivity contribution is 6.07. The molecule has 1 saturated heterocycles. The number of halogens is 2. The van der Waals surface area contributed by atoms with E-state index in [4.69, 9.17) is 4.74 Å². The number of amides is 1. The molecule has 2 fully saturated rings. The predicted octanol–water partition coefficient (Wildman–Crippen LogP) is 3.73. The van der Waals surface area contributed by atoms with Crippen molar-refractivity contribution in [2.45, 2.75) is 45.1 Å². The number of H-pyrrole nitrogens is 1. The molecule has 33 heavy (non-hydrogen) atoms. The molecule has 0 atom stereocenters. The predicted molar refractivity (Wildman–Crippen MR) is 121 cm³/mol. The van der Waals surface area contributed by atoms with Crippen LogP contribution in [0.2, 0.25) is 0 Å². The number of ether oxygens (including phenoxy) is 1. The molecule has 0 radical (unpaired) electrons. The van der Waals surface area contributed by atoms with E-state index in [1.807, 2.05) is 19.1 Å². The van der Waals surface area contributed by atoms with E-state index >= 15 is 0 Å². The number of nitrogens with zero attached hydrogens (tertiary/aromatic N) is 3. The number of methoxy groups -OCH3 is 1. The summed E-state index contributed by atoms with van der Waals surface area (Å²) in [5.74, 6) is -2.19. The monoisotopic (exact) mass is 458 g/mol. The molecule has 5 rings (SSSR count). The highest BCUT2D eigenvalue weighted by Gasteiger charge is 2.35. The normalized spacial score (nSPS) is 19.3. The van der Waals surface area contributed by atoms with Crippen LogP contribution in [0.5, 0.6) is 0 Å². The number of aromatic amines is 1. The van der Waals surface area contributed by atoms with Gasteiger partial charge in [0, 0.05) is 56.5 Å². The van der Waals surface area contributed by atoms with Gasteiger partial charge in [-0.3, -0.25) is 14.3 Å². The Balaban J connectivity index is 1.51. The molecule has 0 bridgehead atoms. The van der Waals surface area contributed by atoms with Crippen molar-refractivity contribution in [1.82, 2.24) is 19.7 Å². The van der Waals surface area contributed by atoms with Crippen LogP contribution in [0.15, 0.2) is 23.1 Å². The third-order valence-corrected chi connectivity index (χ3v) is 7.10. The lowest BCUT2D eigenvalue weighted by Crippen LogP contribution is -2.51. The standard InChI is InChI=1S/C24H28F2N4O3/c1-14-7-20-18(8-17(14)23(32)29-10-16(11-29)13-33-2)21-19(22(31)28-20)9-27-30(21)12-15-3-5-24(25,26)6-4-15/h7-9,15-16H,3-6,10-13H2,1-2H3,(H,28,31). The van der Waals surface area contributed by atoms with Crippen molar-refractivity contribution >= 4 is 27.7 Å². The highest BCUT2D eigenvalue weighted by Crippen LogP contribution is 2.37. The van der Waals surface area contributed by atoms with Crippen LogP contribution in [0.3, 0.4) is 0 Å². The Labute approximate surface area is 189 Å². The third-order valence-electron chi connectivity index (χ3n) is 7.10. The minimum Gasteiger partial charge on any atom is -0.384 e. The van der Waals surface area contributed by atoms with Gasteiger partial charge in [0.1, 0.15) is 0 Å². The summed E-state index contributed by atoms with van der Waals surface area (Å²) in [6.07, 6.45) is 2.15. The van der Waals surface area contributed by atoms with Gasteiger partial charge in [-0.1, -0.05) is 0 Å². The maximum absolute atomic E-state index is 13.6. The van der Waals surface area contributed by atoms with Gasteiger partial charge in [0.05, 0.1) is 29.2 Å². The first-order valence-electron chi connectivity index (χ1n) is 11.4. The summed E-state index contributed by atoms with van der Waals surface area (Å²) in [6.45, 7) is 4.29. The summed E-state index contributed by atoms with van der Waals surface area (Å²) < 4.78 is 34.1. The number of carbonyl (C=O) groups excluding carboxylic acids is 1. The molecule has 1 N–H and O–H groups in total. The summed E-state index contributed by atoms with van der Waals surface area (Å²) >= 11 is 0. The number of aryl methyl sites for hydroxylation is 1. The van der Waals surface area contributed by atoms with Crippen LogP contribution in [0.1, 0.15) is 41.6 Å². The molecule has 0 unspecified atom stereocenters. The Morgan fingerprint density at radius 3 is 2.64 bits per heavy atom. The number of hydrogen-bond acceptors (Lipinski definition) is 4. The number of likely N-dealkylation sites (tertiary alicyclic amines) is 1. The summed E-state index contributed by atoms with van der Waals surface area (Å²) in [5, 5.41) is 5.61. The number of rotatable bonds is 5. The van der Waals surface area contributed by atoms with E-state index in [2.05, 4.69) is 10.1 Å². The van der Waals surface area contributed by atoms with E-state index in [9.17, 15) is 18.4 Å². The molecule has 1 aliphatic carbocycles. The molecule has 0 spiro atoms. The molecule has 3 heterocycles. The Morgan fingerprint density at radius 2 is 1.94 bits per heavy atom. The molecule has 9 heteroatoms. The van der Waals surface area contributed by atoms with Crippen LogP contribution in [-0.4, -0.2) is 58.3 Å². The maximum atomic E-state index is 13.6. The molecule has 2 aliphatic rings. The van der Waals surface area contributed by atoms with Gasteiger partial charge in [-0.2, -0.15) is 5.10 Å². The fraction of sp³-hybridized carbons (Fsp3) is 0.542. The second-order valence-electron chi connectivity index (χ2n) is 9.59. The van der Waals surface area contributed by atoms with Crippen LogP contribution in [0.4, 0.5) is 8.78 Å². The molecule has 1 saturated carbocycles. The van der Waals surface area contributed by atoms with Gasteiger partial charge in [-0.25, -0.2) is 8.78 Å². The SMILES string of the molecule is COCC1CN(C(=O)c2cc3c(cc2C)[nH]c(=O)c2cnn(CC4CCC(F)(F)CC4)c23)C1. The topological polar surface area (TPSA) is 80.2 Å². The zero-order valence-electron chi connectivity index (χ0n) is 18.9. The summed E-state index contributed by atoms with van der Waals surface area (Å²) in [6, 6.07) is 3.66. The molecular weight excluding hydrogens is 430 g/mol. The zero-order chi connectivity index (χ0) is 23.3. The van der Waals surface area contributed by atoms with Gasteiger partial charge >= 0.3 is 0 Å². The summed E-state index contributed by atoms with van der Waals surface area (Å²) in [7, 11) is 1.66. The minimum atomic E-state index is -2.58. The van der Waals surface area contributed by atoms with Crippen LogP contribution in [0, 0.1) is 18.8 Å². The van der Waals surface area contributed by atoms with Crippen LogP contribution < -0.4 is 5.56 Å². The number of carbonyl (C=O) groups is 1. The Hall–Kier alpha value is -2.81. The highest BCUT2D eigenvalue weighted by atomic mass is 19.3. The Kier molecular flexibility index (Phi) is 5.47. The molecule has 2 aromatic heterocycles. The molecule has 1 aromatic carbocycles. The number of nitrogens with one attached hydrogen (secondary N) is 1. The largest absolute Gasteiger partial charge is 0.384 e. The van der Waals surface area contributed by atoms with E-state index in [0.29, 0.717) is 67.0 Å². The van der Waals surface area contributed by atoms with Gasteiger partial charge < -0.3 is 14.6 Å². The van der Waals surface area contributed by atoms with Crippen molar-refractivity contribution < 1.29 is 18.3 Å². The molecule has 1 amide bonds. The molecule has 176 valence electrons. The van der Waals surface area contributed by atoms with Crippen LogP contribution in [0.25, 0.3) is 21.8 Å². The second kappa shape index (κ2) is 8.20. The number of pyridine rings is 1. The first-order chi connectivity index (χ1) is 15.8. The quantitative estimate of drug-likeness (QED) is 0.632. The average molecular weight is 459 g/mol. The lowest BCUT2D eigenvalue weighted by Gasteiger charge is -2.39. The molecule has 3 aromatic rings. The number of fused-ring (bicyclic) bond motifs is 3.